The molecule has 0 bridgehead atoms. The predicted octanol–water partition coefficient (Wildman–Crippen LogP) is -0.812. The average Bonchev–Trinajstić information content (AvgIpc) is 2.28. The van der Waals surface area contributed by atoms with Gasteiger partial charge in [-0.25, -0.2) is 12.7 Å². The van der Waals surface area contributed by atoms with Crippen LogP contribution < -0.4 is 5.32 Å². The lowest BCUT2D eigenvalue weighted by Gasteiger charge is -2.30. The lowest BCUT2D eigenvalue weighted by atomic mass is 10.3. The summed E-state index contributed by atoms with van der Waals surface area (Å²) in [6, 6.07) is 0. The van der Waals surface area contributed by atoms with E-state index in [1.54, 1.807) is 14.1 Å². The molecule has 0 aromatic carbocycles. The highest BCUT2D eigenvalue weighted by atomic mass is 32.2. The SMILES string of the molecule is CN1CCOC(CNCCCS(=O)(=O)N(C)C)C1. The zero-order chi connectivity index (χ0) is 13.6. The fraction of sp³-hybridized carbons (Fsp3) is 1.00. The van der Waals surface area contributed by atoms with Crippen LogP contribution in [0.2, 0.25) is 0 Å². The zero-order valence-electron chi connectivity index (χ0n) is 11.6. The van der Waals surface area contributed by atoms with Crippen LogP contribution in [0.4, 0.5) is 0 Å². The molecule has 0 saturated carbocycles. The fourth-order valence-electron chi connectivity index (χ4n) is 1.82. The number of hydrogen-bond acceptors (Lipinski definition) is 5. The van der Waals surface area contributed by atoms with E-state index in [4.69, 9.17) is 4.74 Å². The Balaban J connectivity index is 2.08. The Morgan fingerprint density at radius 1 is 1.44 bits per heavy atom. The summed E-state index contributed by atoms with van der Waals surface area (Å²) in [5.41, 5.74) is 0. The van der Waals surface area contributed by atoms with E-state index in [0.29, 0.717) is 13.0 Å². The summed E-state index contributed by atoms with van der Waals surface area (Å²) >= 11 is 0. The first-order valence-corrected chi connectivity index (χ1v) is 7.94. The molecular formula is C11H25N3O3S. The van der Waals surface area contributed by atoms with E-state index >= 15 is 0 Å². The van der Waals surface area contributed by atoms with Gasteiger partial charge in [0, 0.05) is 33.7 Å². The first-order chi connectivity index (χ1) is 8.42. The summed E-state index contributed by atoms with van der Waals surface area (Å²) < 4.78 is 29.9. The van der Waals surface area contributed by atoms with Crippen LogP contribution in [0.1, 0.15) is 6.42 Å². The molecule has 0 aromatic heterocycles. The molecule has 0 amide bonds. The van der Waals surface area contributed by atoms with Crippen LogP contribution in [0.25, 0.3) is 0 Å². The van der Waals surface area contributed by atoms with Gasteiger partial charge in [0.1, 0.15) is 0 Å². The molecule has 1 aliphatic heterocycles. The molecule has 1 saturated heterocycles. The Hall–Kier alpha value is -0.210. The Morgan fingerprint density at radius 3 is 2.78 bits per heavy atom. The first kappa shape index (κ1) is 15.8. The quantitative estimate of drug-likeness (QED) is 0.618. The molecule has 6 nitrogen and oxygen atoms in total. The minimum Gasteiger partial charge on any atom is -0.374 e. The number of likely N-dealkylation sites (N-methyl/N-ethyl adjacent to an activating group) is 1. The average molecular weight is 279 g/mol. The molecule has 7 heteroatoms. The van der Waals surface area contributed by atoms with Crippen molar-refractivity contribution in [1.82, 2.24) is 14.5 Å². The van der Waals surface area contributed by atoms with Gasteiger partial charge in [-0.15, -0.1) is 0 Å². The van der Waals surface area contributed by atoms with Crippen molar-refractivity contribution >= 4 is 10.0 Å². The number of morpholine rings is 1. The molecule has 0 aliphatic carbocycles. The molecule has 0 spiro atoms. The number of rotatable bonds is 7. The van der Waals surface area contributed by atoms with Crippen LogP contribution in [0.3, 0.4) is 0 Å². The lowest BCUT2D eigenvalue weighted by Crippen LogP contribution is -2.45. The first-order valence-electron chi connectivity index (χ1n) is 6.33. The van der Waals surface area contributed by atoms with Crippen LogP contribution in [0.5, 0.6) is 0 Å². The monoisotopic (exact) mass is 279 g/mol. The van der Waals surface area contributed by atoms with Crippen LogP contribution >= 0.6 is 0 Å². The van der Waals surface area contributed by atoms with Crippen LogP contribution in [-0.4, -0.2) is 83.4 Å². The lowest BCUT2D eigenvalue weighted by molar-refractivity contribution is -0.0179. The van der Waals surface area contributed by atoms with Gasteiger partial charge in [-0.3, -0.25) is 0 Å². The minimum absolute atomic E-state index is 0.193. The second-order valence-electron chi connectivity index (χ2n) is 4.91. The summed E-state index contributed by atoms with van der Waals surface area (Å²) in [6.45, 7) is 4.18. The van der Waals surface area contributed by atoms with E-state index in [2.05, 4.69) is 17.3 Å². The highest BCUT2D eigenvalue weighted by Crippen LogP contribution is 2.01. The van der Waals surface area contributed by atoms with Gasteiger partial charge in [-0.1, -0.05) is 0 Å². The summed E-state index contributed by atoms with van der Waals surface area (Å²) in [5.74, 6) is 0.193. The van der Waals surface area contributed by atoms with Crippen molar-refractivity contribution < 1.29 is 13.2 Å². The van der Waals surface area contributed by atoms with Gasteiger partial charge in [0.15, 0.2) is 0 Å². The van der Waals surface area contributed by atoms with E-state index in [0.717, 1.165) is 26.2 Å². The van der Waals surface area contributed by atoms with Crippen LogP contribution in [-0.2, 0) is 14.8 Å². The van der Waals surface area contributed by atoms with E-state index in [9.17, 15) is 8.42 Å². The summed E-state index contributed by atoms with van der Waals surface area (Å²) in [4.78, 5) is 2.24. The topological polar surface area (TPSA) is 61.9 Å². The molecule has 1 unspecified atom stereocenters. The van der Waals surface area contributed by atoms with Crippen LogP contribution in [0.15, 0.2) is 0 Å². The van der Waals surface area contributed by atoms with Crippen molar-refractivity contribution in [2.45, 2.75) is 12.5 Å². The normalized spacial score (nSPS) is 22.6. The van der Waals surface area contributed by atoms with Gasteiger partial charge in [0.25, 0.3) is 0 Å². The Labute approximate surface area is 110 Å². The second kappa shape index (κ2) is 7.40. The molecule has 1 rings (SSSR count). The molecule has 18 heavy (non-hydrogen) atoms. The number of nitrogens with zero attached hydrogens (tertiary/aromatic N) is 2. The van der Waals surface area contributed by atoms with Crippen molar-refractivity contribution in [3.63, 3.8) is 0 Å². The third-order valence-electron chi connectivity index (χ3n) is 3.03. The Kier molecular flexibility index (Phi) is 6.51. The van der Waals surface area contributed by atoms with E-state index in [-0.39, 0.29) is 11.9 Å². The van der Waals surface area contributed by atoms with E-state index in [1.807, 2.05) is 0 Å². The summed E-state index contributed by atoms with van der Waals surface area (Å²) in [7, 11) is 2.15. The van der Waals surface area contributed by atoms with Gasteiger partial charge in [-0.05, 0) is 20.0 Å². The predicted molar refractivity (Wildman–Crippen MR) is 72.2 cm³/mol. The van der Waals surface area contributed by atoms with E-state index < -0.39 is 10.0 Å². The van der Waals surface area contributed by atoms with Crippen molar-refractivity contribution in [1.29, 1.82) is 0 Å². The smallest absolute Gasteiger partial charge is 0.213 e. The van der Waals surface area contributed by atoms with Crippen molar-refractivity contribution in [3.05, 3.63) is 0 Å². The van der Waals surface area contributed by atoms with Gasteiger partial charge in [0.05, 0.1) is 18.5 Å². The number of hydrogen-bond donors (Lipinski definition) is 1. The third kappa shape index (κ3) is 5.62. The van der Waals surface area contributed by atoms with Gasteiger partial charge >= 0.3 is 0 Å². The largest absolute Gasteiger partial charge is 0.374 e. The standard InChI is InChI=1S/C11H25N3O3S/c1-13(2)18(15,16)8-4-5-12-9-11-10-14(3)6-7-17-11/h11-12H,4-10H2,1-3H3. The zero-order valence-corrected chi connectivity index (χ0v) is 12.4. The van der Waals surface area contributed by atoms with Gasteiger partial charge in [-0.2, -0.15) is 0 Å². The molecule has 0 aromatic rings. The minimum atomic E-state index is -3.06. The Morgan fingerprint density at radius 2 is 2.17 bits per heavy atom. The molecule has 1 atom stereocenters. The second-order valence-corrected chi connectivity index (χ2v) is 7.21. The van der Waals surface area contributed by atoms with E-state index in [1.165, 1.54) is 4.31 Å². The number of ether oxygens (including phenoxy) is 1. The molecule has 0 radical (unpaired) electrons. The fourth-order valence-corrected chi connectivity index (χ4v) is 2.69. The van der Waals surface area contributed by atoms with Crippen LogP contribution in [0, 0.1) is 0 Å². The van der Waals surface area contributed by atoms with Crippen molar-refractivity contribution in [2.24, 2.45) is 0 Å². The van der Waals surface area contributed by atoms with Gasteiger partial charge < -0.3 is 15.0 Å². The van der Waals surface area contributed by atoms with Crippen molar-refractivity contribution in [2.75, 3.05) is 59.7 Å². The van der Waals surface area contributed by atoms with Gasteiger partial charge in [0.2, 0.25) is 10.0 Å². The molecular weight excluding hydrogens is 254 g/mol. The maximum absolute atomic E-state index is 11.5. The molecule has 108 valence electrons. The summed E-state index contributed by atoms with van der Waals surface area (Å²) in [6.07, 6.45) is 0.845. The maximum Gasteiger partial charge on any atom is 0.213 e. The highest BCUT2D eigenvalue weighted by Gasteiger charge is 2.17. The number of sulfonamides is 1. The third-order valence-corrected chi connectivity index (χ3v) is 4.94. The maximum atomic E-state index is 11.5. The van der Waals surface area contributed by atoms with Crippen molar-refractivity contribution in [3.8, 4) is 0 Å². The molecule has 1 heterocycles. The Bertz CT molecular complexity index is 332. The summed E-state index contributed by atoms with van der Waals surface area (Å²) in [5, 5.41) is 3.25. The molecule has 1 fully saturated rings. The highest BCUT2D eigenvalue weighted by molar-refractivity contribution is 7.89. The number of nitrogens with one attached hydrogen (secondary N) is 1. The molecule has 1 aliphatic rings. The molecule has 1 N–H and O–H groups in total.